The molecule has 1 amide bonds. The Hall–Kier alpha value is -1.92. The van der Waals surface area contributed by atoms with Gasteiger partial charge in [-0.3, -0.25) is 9.59 Å². The van der Waals surface area contributed by atoms with Crippen LogP contribution >= 0.6 is 0 Å². The molecule has 0 unspecified atom stereocenters. The minimum absolute atomic E-state index is 0.0376. The average molecular weight is 375 g/mol. The van der Waals surface area contributed by atoms with Gasteiger partial charge in [0, 0.05) is 11.8 Å². The van der Waals surface area contributed by atoms with Gasteiger partial charge in [0.2, 0.25) is 5.91 Å². The monoisotopic (exact) mass is 375 g/mol. The van der Waals surface area contributed by atoms with Crippen LogP contribution in [0.1, 0.15) is 64.1 Å². The normalized spacial score (nSPS) is 31.3. The number of hydrogen-bond acceptors (Lipinski definition) is 6. The van der Waals surface area contributed by atoms with E-state index in [1.165, 1.54) is 19.3 Å². The summed E-state index contributed by atoms with van der Waals surface area (Å²) >= 11 is 0. The van der Waals surface area contributed by atoms with Crippen molar-refractivity contribution in [2.45, 2.75) is 65.4 Å². The molecule has 0 radical (unpaired) electrons. The Labute approximate surface area is 159 Å². The predicted octanol–water partition coefficient (Wildman–Crippen LogP) is 2.64. The fourth-order valence-electron chi connectivity index (χ4n) is 5.72. The zero-order chi connectivity index (χ0) is 19.0. The summed E-state index contributed by atoms with van der Waals surface area (Å²) < 4.78 is 10.2. The van der Waals surface area contributed by atoms with Crippen LogP contribution in [-0.2, 0) is 27.4 Å². The van der Waals surface area contributed by atoms with Gasteiger partial charge >= 0.3 is 5.97 Å². The number of carbonyl (C=O) groups is 2. The number of ether oxygens (including phenoxy) is 1. The Bertz CT molecular complexity index is 677. The molecular formula is C20H29N3O4. The molecule has 0 aliphatic heterocycles. The fourth-order valence-corrected chi connectivity index (χ4v) is 5.72. The van der Waals surface area contributed by atoms with Crippen LogP contribution in [0.25, 0.3) is 0 Å². The summed E-state index contributed by atoms with van der Waals surface area (Å²) in [5.74, 6) is 2.99. The van der Waals surface area contributed by atoms with Gasteiger partial charge in [-0.2, -0.15) is 4.98 Å². The van der Waals surface area contributed by atoms with E-state index in [0.29, 0.717) is 29.5 Å². The fraction of sp³-hybridized carbons (Fsp3) is 0.800. The Morgan fingerprint density at radius 3 is 2.41 bits per heavy atom. The molecule has 148 valence electrons. The number of amides is 1. The second-order valence-electron chi connectivity index (χ2n) is 9.24. The van der Waals surface area contributed by atoms with Crippen molar-refractivity contribution in [2.24, 2.45) is 29.1 Å². The number of nitrogens with one attached hydrogen (secondary N) is 1. The molecule has 4 saturated carbocycles. The first-order chi connectivity index (χ1) is 12.9. The van der Waals surface area contributed by atoms with Gasteiger partial charge in [0.15, 0.2) is 12.4 Å². The van der Waals surface area contributed by atoms with Gasteiger partial charge in [-0.1, -0.05) is 19.0 Å². The molecule has 7 nitrogen and oxygen atoms in total. The maximum atomic E-state index is 12.8. The van der Waals surface area contributed by atoms with Crippen molar-refractivity contribution >= 4 is 11.9 Å². The van der Waals surface area contributed by atoms with E-state index in [2.05, 4.69) is 29.3 Å². The molecule has 5 rings (SSSR count). The predicted molar refractivity (Wildman–Crippen MR) is 96.3 cm³/mol. The summed E-state index contributed by atoms with van der Waals surface area (Å²) in [5.41, 5.74) is -0.243. The highest BCUT2D eigenvalue weighted by Gasteiger charge is 2.54. The van der Waals surface area contributed by atoms with Gasteiger partial charge in [0.05, 0.1) is 0 Å². The van der Waals surface area contributed by atoms with E-state index in [1.54, 1.807) is 0 Å². The lowest BCUT2D eigenvalue weighted by Crippen LogP contribution is -2.54. The van der Waals surface area contributed by atoms with Crippen LogP contribution in [0.15, 0.2) is 4.52 Å². The summed E-state index contributed by atoms with van der Waals surface area (Å²) in [7, 11) is 0. The van der Waals surface area contributed by atoms with Crippen LogP contribution in [0.3, 0.4) is 0 Å². The van der Waals surface area contributed by atoms with Crippen molar-refractivity contribution in [3.05, 3.63) is 11.7 Å². The lowest BCUT2D eigenvalue weighted by atomic mass is 9.49. The third kappa shape index (κ3) is 4.01. The topological polar surface area (TPSA) is 94.3 Å². The molecule has 0 spiro atoms. The Balaban J connectivity index is 1.23. The molecule has 4 aliphatic carbocycles. The molecule has 1 heterocycles. The molecule has 27 heavy (non-hydrogen) atoms. The van der Waals surface area contributed by atoms with Gasteiger partial charge < -0.3 is 14.6 Å². The maximum Gasteiger partial charge on any atom is 0.325 e. The average Bonchev–Trinajstić information content (AvgIpc) is 3.03. The molecule has 0 atom stereocenters. The number of aromatic nitrogens is 2. The highest BCUT2D eigenvalue weighted by Crippen LogP contribution is 2.60. The van der Waals surface area contributed by atoms with Gasteiger partial charge in [-0.25, -0.2) is 0 Å². The Kier molecular flexibility index (Phi) is 4.95. The second kappa shape index (κ2) is 7.24. The standard InChI is InChI=1S/C20H29N3O4/c1-12(2)3-16-22-17(27-23-16)11-26-18(24)10-21-19(25)20-7-13-4-14(8-20)6-15(5-13)9-20/h12-15H,3-11H2,1-2H3,(H,21,25). The van der Waals surface area contributed by atoms with Gasteiger partial charge in [0.1, 0.15) is 6.54 Å². The van der Waals surface area contributed by atoms with Crippen LogP contribution in [0.4, 0.5) is 0 Å². The summed E-state index contributed by atoms with van der Waals surface area (Å²) in [6, 6.07) is 0. The highest BCUT2D eigenvalue weighted by molar-refractivity contribution is 5.86. The van der Waals surface area contributed by atoms with E-state index in [9.17, 15) is 9.59 Å². The van der Waals surface area contributed by atoms with E-state index < -0.39 is 5.97 Å². The van der Waals surface area contributed by atoms with Crippen molar-refractivity contribution in [3.63, 3.8) is 0 Å². The van der Waals surface area contributed by atoms with E-state index in [4.69, 9.17) is 9.26 Å². The molecule has 4 bridgehead atoms. The van der Waals surface area contributed by atoms with Crippen LogP contribution in [0, 0.1) is 29.1 Å². The second-order valence-corrected chi connectivity index (χ2v) is 9.24. The number of hydrogen-bond donors (Lipinski definition) is 1. The van der Waals surface area contributed by atoms with Crippen LogP contribution < -0.4 is 5.32 Å². The zero-order valence-corrected chi connectivity index (χ0v) is 16.2. The third-order valence-electron chi connectivity index (χ3n) is 6.37. The molecule has 0 saturated heterocycles. The van der Waals surface area contributed by atoms with Crippen LogP contribution in [0.2, 0.25) is 0 Å². The number of rotatable bonds is 7. The van der Waals surface area contributed by atoms with Crippen LogP contribution in [0.5, 0.6) is 0 Å². The highest BCUT2D eigenvalue weighted by atomic mass is 16.6. The Morgan fingerprint density at radius 2 is 1.81 bits per heavy atom. The largest absolute Gasteiger partial charge is 0.454 e. The van der Waals surface area contributed by atoms with E-state index >= 15 is 0 Å². The minimum Gasteiger partial charge on any atom is -0.454 e. The summed E-state index contributed by atoms with van der Waals surface area (Å²) in [6.45, 7) is 3.98. The number of carbonyl (C=O) groups excluding carboxylic acids is 2. The van der Waals surface area contributed by atoms with E-state index in [1.807, 2.05) is 0 Å². The number of esters is 1. The quantitative estimate of drug-likeness (QED) is 0.736. The van der Waals surface area contributed by atoms with Gasteiger partial charge in [0.25, 0.3) is 5.89 Å². The molecule has 4 aliphatic rings. The van der Waals surface area contributed by atoms with Crippen molar-refractivity contribution in [3.8, 4) is 0 Å². The molecule has 1 N–H and O–H groups in total. The first-order valence-corrected chi connectivity index (χ1v) is 10.2. The maximum absolute atomic E-state index is 12.8. The summed E-state index contributed by atoms with van der Waals surface area (Å²) in [5, 5.41) is 6.69. The van der Waals surface area contributed by atoms with E-state index in [0.717, 1.165) is 25.7 Å². The number of nitrogens with zero attached hydrogens (tertiary/aromatic N) is 2. The van der Waals surface area contributed by atoms with Gasteiger partial charge in [-0.15, -0.1) is 0 Å². The van der Waals surface area contributed by atoms with Crippen molar-refractivity contribution in [1.82, 2.24) is 15.5 Å². The van der Waals surface area contributed by atoms with Gasteiger partial charge in [-0.05, 0) is 62.2 Å². The smallest absolute Gasteiger partial charge is 0.325 e. The van der Waals surface area contributed by atoms with Crippen molar-refractivity contribution < 1.29 is 18.8 Å². The molecule has 1 aromatic heterocycles. The molecule has 0 aromatic carbocycles. The molecular weight excluding hydrogens is 346 g/mol. The first-order valence-electron chi connectivity index (χ1n) is 10.2. The third-order valence-corrected chi connectivity index (χ3v) is 6.37. The molecule has 4 fully saturated rings. The lowest BCUT2D eigenvalue weighted by molar-refractivity contribution is -0.151. The van der Waals surface area contributed by atoms with Crippen LogP contribution in [-0.4, -0.2) is 28.6 Å². The first kappa shape index (κ1) is 18.4. The summed E-state index contributed by atoms with van der Waals surface area (Å²) in [4.78, 5) is 29.0. The lowest BCUT2D eigenvalue weighted by Gasteiger charge is -2.55. The van der Waals surface area contributed by atoms with Crippen molar-refractivity contribution in [1.29, 1.82) is 0 Å². The summed E-state index contributed by atoms with van der Waals surface area (Å²) in [6.07, 6.45) is 7.55. The SMILES string of the molecule is CC(C)Cc1noc(COC(=O)CNC(=O)C23CC4CC(CC(C4)C2)C3)n1. The minimum atomic E-state index is -0.475. The Morgan fingerprint density at radius 1 is 1.19 bits per heavy atom. The molecule has 1 aromatic rings. The zero-order valence-electron chi connectivity index (χ0n) is 16.2. The van der Waals surface area contributed by atoms with Crippen molar-refractivity contribution in [2.75, 3.05) is 6.54 Å². The molecule has 7 heteroatoms. The van der Waals surface area contributed by atoms with E-state index in [-0.39, 0.29) is 30.4 Å².